The van der Waals surface area contributed by atoms with Crippen LogP contribution in [0.3, 0.4) is 0 Å². The zero-order valence-corrected chi connectivity index (χ0v) is 9.72. The maximum absolute atomic E-state index is 8.46. The van der Waals surface area contributed by atoms with Gasteiger partial charge in [-0.25, -0.2) is 9.66 Å². The fraction of sp³-hybridized carbons (Fsp3) is 0.0909. The second-order valence-electron chi connectivity index (χ2n) is 3.58. The van der Waals surface area contributed by atoms with Crippen molar-refractivity contribution in [1.82, 2.24) is 9.66 Å². The Labute approximate surface area is 103 Å². The predicted octanol–water partition coefficient (Wildman–Crippen LogP) is 2.60. The molecule has 2 N–H and O–H groups in total. The average molecular weight is 241 g/mol. The van der Waals surface area contributed by atoms with Gasteiger partial charge in [0.15, 0.2) is 0 Å². The minimum Gasteiger partial charge on any atom is -0.368 e. The van der Waals surface area contributed by atoms with Gasteiger partial charge in [0.2, 0.25) is 5.95 Å². The summed E-state index contributed by atoms with van der Waals surface area (Å²) in [6, 6.07) is 7.13. The van der Waals surface area contributed by atoms with Crippen LogP contribution in [-0.4, -0.2) is 15.9 Å². The number of nitrogens with zero attached hydrogens (tertiary/aromatic N) is 6. The number of aromatic nitrogens is 2. The van der Waals surface area contributed by atoms with Crippen LogP contribution in [0.5, 0.6) is 0 Å². The molecule has 2 aromatic rings. The van der Waals surface area contributed by atoms with Gasteiger partial charge in [0.05, 0.1) is 18.1 Å². The molecule has 0 aliphatic rings. The standard InChI is InChI=1S/C11H11N7/c1-8-7-18(11(12)15-8)14-6-9-4-2-3-5-10(9)16-17-13/h2-7H,1H3,(H2,12,15). The quantitative estimate of drug-likeness (QED) is 0.386. The second kappa shape index (κ2) is 5.03. The molecule has 1 aromatic carbocycles. The van der Waals surface area contributed by atoms with Crippen molar-refractivity contribution in [2.75, 3.05) is 5.73 Å². The number of azide groups is 1. The SMILES string of the molecule is Cc1cn(N=Cc2ccccc2N=[N+]=[N-])c(N)n1. The van der Waals surface area contributed by atoms with E-state index in [0.717, 1.165) is 5.69 Å². The summed E-state index contributed by atoms with van der Waals surface area (Å²) in [7, 11) is 0. The van der Waals surface area contributed by atoms with E-state index in [4.69, 9.17) is 11.3 Å². The maximum atomic E-state index is 8.46. The minimum atomic E-state index is 0.310. The van der Waals surface area contributed by atoms with Crippen molar-refractivity contribution in [3.63, 3.8) is 0 Å². The van der Waals surface area contributed by atoms with Crippen molar-refractivity contribution in [3.8, 4) is 0 Å². The van der Waals surface area contributed by atoms with Gasteiger partial charge in [0.25, 0.3) is 0 Å². The van der Waals surface area contributed by atoms with Crippen molar-refractivity contribution in [2.24, 2.45) is 10.2 Å². The molecule has 7 heteroatoms. The number of hydrogen-bond donors (Lipinski definition) is 1. The van der Waals surface area contributed by atoms with Gasteiger partial charge in [-0.15, -0.1) is 0 Å². The molecule has 0 saturated heterocycles. The van der Waals surface area contributed by atoms with E-state index in [2.05, 4.69) is 20.1 Å². The highest BCUT2D eigenvalue weighted by atomic mass is 15.4. The second-order valence-corrected chi connectivity index (χ2v) is 3.58. The zero-order valence-electron chi connectivity index (χ0n) is 9.72. The average Bonchev–Trinajstić information content (AvgIpc) is 2.67. The molecule has 0 aliphatic carbocycles. The molecule has 0 amide bonds. The Bertz CT molecular complexity index is 635. The van der Waals surface area contributed by atoms with Crippen LogP contribution in [-0.2, 0) is 0 Å². The van der Waals surface area contributed by atoms with Gasteiger partial charge in [0.1, 0.15) is 0 Å². The monoisotopic (exact) mass is 241 g/mol. The normalized spacial score (nSPS) is 10.5. The molecule has 2 rings (SSSR count). The lowest BCUT2D eigenvalue weighted by Gasteiger charge is -1.98. The van der Waals surface area contributed by atoms with Gasteiger partial charge >= 0.3 is 0 Å². The summed E-state index contributed by atoms with van der Waals surface area (Å²) in [5.41, 5.74) is 16.1. The number of rotatable bonds is 3. The summed E-state index contributed by atoms with van der Waals surface area (Å²) in [6.45, 7) is 1.83. The van der Waals surface area contributed by atoms with Crippen LogP contribution in [0.4, 0.5) is 11.6 Å². The van der Waals surface area contributed by atoms with Crippen LogP contribution in [0.25, 0.3) is 10.4 Å². The van der Waals surface area contributed by atoms with Crippen LogP contribution < -0.4 is 5.73 Å². The van der Waals surface area contributed by atoms with E-state index >= 15 is 0 Å². The van der Waals surface area contributed by atoms with Gasteiger partial charge < -0.3 is 5.73 Å². The van der Waals surface area contributed by atoms with Crippen molar-refractivity contribution in [1.29, 1.82) is 0 Å². The summed E-state index contributed by atoms with van der Waals surface area (Å²) in [5, 5.41) is 7.74. The molecular weight excluding hydrogens is 230 g/mol. The largest absolute Gasteiger partial charge is 0.368 e. The molecular formula is C11H11N7. The molecule has 0 spiro atoms. The lowest BCUT2D eigenvalue weighted by atomic mass is 10.2. The molecule has 1 aromatic heterocycles. The molecule has 1 heterocycles. The number of anilines is 1. The first-order valence-electron chi connectivity index (χ1n) is 5.20. The molecule has 0 fully saturated rings. The Balaban J connectivity index is 2.34. The molecule has 0 radical (unpaired) electrons. The molecule has 0 unspecified atom stereocenters. The smallest absolute Gasteiger partial charge is 0.221 e. The van der Waals surface area contributed by atoms with Gasteiger partial charge in [0, 0.05) is 16.2 Å². The van der Waals surface area contributed by atoms with Crippen molar-refractivity contribution in [2.45, 2.75) is 6.92 Å². The molecule has 0 atom stereocenters. The van der Waals surface area contributed by atoms with Gasteiger partial charge in [-0.2, -0.15) is 5.10 Å². The van der Waals surface area contributed by atoms with Crippen molar-refractivity contribution in [3.05, 3.63) is 52.2 Å². The molecule has 0 aliphatic heterocycles. The summed E-state index contributed by atoms with van der Waals surface area (Å²) in [4.78, 5) is 6.79. The Morgan fingerprint density at radius 1 is 1.44 bits per heavy atom. The maximum Gasteiger partial charge on any atom is 0.221 e. The van der Waals surface area contributed by atoms with Crippen LogP contribution in [0.2, 0.25) is 0 Å². The first-order chi connectivity index (χ1) is 8.70. The van der Waals surface area contributed by atoms with Crippen molar-refractivity contribution < 1.29 is 0 Å². The number of hydrogen-bond acceptors (Lipinski definition) is 4. The van der Waals surface area contributed by atoms with Gasteiger partial charge in [-0.1, -0.05) is 29.4 Å². The predicted molar refractivity (Wildman–Crippen MR) is 69.6 cm³/mol. The molecule has 0 saturated carbocycles. The first-order valence-corrected chi connectivity index (χ1v) is 5.20. The summed E-state index contributed by atoms with van der Waals surface area (Å²) >= 11 is 0. The van der Waals surface area contributed by atoms with E-state index in [1.807, 2.05) is 13.0 Å². The van der Waals surface area contributed by atoms with Crippen LogP contribution in [0, 0.1) is 6.92 Å². The van der Waals surface area contributed by atoms with Crippen molar-refractivity contribution >= 4 is 17.9 Å². The van der Waals surface area contributed by atoms with E-state index < -0.39 is 0 Å². The highest BCUT2D eigenvalue weighted by Crippen LogP contribution is 2.17. The van der Waals surface area contributed by atoms with E-state index in [1.165, 1.54) is 4.68 Å². The fourth-order valence-electron chi connectivity index (χ4n) is 1.46. The third-order valence-electron chi connectivity index (χ3n) is 2.25. The number of nitrogen functional groups attached to an aromatic ring is 1. The highest BCUT2D eigenvalue weighted by molar-refractivity contribution is 5.86. The summed E-state index contributed by atoms with van der Waals surface area (Å²) < 4.78 is 1.46. The Morgan fingerprint density at radius 2 is 2.22 bits per heavy atom. The lowest BCUT2D eigenvalue weighted by Crippen LogP contribution is -1.97. The zero-order chi connectivity index (χ0) is 13.0. The van der Waals surface area contributed by atoms with E-state index in [1.54, 1.807) is 30.6 Å². The fourth-order valence-corrected chi connectivity index (χ4v) is 1.46. The van der Waals surface area contributed by atoms with Gasteiger partial charge in [-0.05, 0) is 12.5 Å². The first kappa shape index (κ1) is 11.7. The van der Waals surface area contributed by atoms with E-state index in [9.17, 15) is 0 Å². The number of imidazole rings is 1. The topological polar surface area (TPSA) is 105 Å². The lowest BCUT2D eigenvalue weighted by molar-refractivity contribution is 0.897. The molecule has 0 bridgehead atoms. The number of benzene rings is 1. The minimum absolute atomic E-state index is 0.310. The summed E-state index contributed by atoms with van der Waals surface area (Å²) in [5.74, 6) is 0.310. The van der Waals surface area contributed by atoms with Crippen LogP contribution in [0.1, 0.15) is 11.3 Å². The van der Waals surface area contributed by atoms with E-state index in [0.29, 0.717) is 17.2 Å². The molecule has 7 nitrogen and oxygen atoms in total. The Hall–Kier alpha value is -2.79. The number of aryl methyl sites for hydroxylation is 1. The molecule has 18 heavy (non-hydrogen) atoms. The third kappa shape index (κ3) is 2.47. The highest BCUT2D eigenvalue weighted by Gasteiger charge is 1.99. The molecule has 90 valence electrons. The van der Waals surface area contributed by atoms with Gasteiger partial charge in [-0.3, -0.25) is 0 Å². The Morgan fingerprint density at radius 3 is 2.89 bits per heavy atom. The van der Waals surface area contributed by atoms with E-state index in [-0.39, 0.29) is 0 Å². The summed E-state index contributed by atoms with van der Waals surface area (Å²) in [6.07, 6.45) is 3.28. The Kier molecular flexibility index (Phi) is 3.26. The van der Waals surface area contributed by atoms with Crippen LogP contribution >= 0.6 is 0 Å². The number of nitrogens with two attached hydrogens (primary N) is 1. The van der Waals surface area contributed by atoms with Crippen LogP contribution in [0.15, 0.2) is 40.7 Å². The third-order valence-corrected chi connectivity index (χ3v) is 2.25.